The number of nitrogens with zero attached hydrogens (tertiary/aromatic N) is 3. The standard InChI is InChI=1S/C19H19FN4O.ClH/c20-15-3-1-14(2-4-15)19-18(13-5-8-21-9-6-13)17-12-22-11-16(7-10-25)24(17)23-19;/h1-6,8-9,16,22,25H,7,10-12H2;1H. The second-order valence-electron chi connectivity index (χ2n) is 6.15. The predicted molar refractivity (Wildman–Crippen MR) is 101 cm³/mol. The van der Waals surface area contributed by atoms with E-state index in [9.17, 15) is 9.50 Å². The number of aliphatic hydroxyl groups excluding tert-OH is 1. The lowest BCUT2D eigenvalue weighted by molar-refractivity contribution is 0.237. The van der Waals surface area contributed by atoms with E-state index >= 15 is 0 Å². The fourth-order valence-electron chi connectivity index (χ4n) is 3.39. The van der Waals surface area contributed by atoms with Crippen LogP contribution in [0, 0.1) is 5.82 Å². The third-order valence-corrected chi connectivity index (χ3v) is 4.58. The molecule has 1 atom stereocenters. The molecule has 0 radical (unpaired) electrons. The molecule has 136 valence electrons. The molecule has 5 nitrogen and oxygen atoms in total. The first kappa shape index (κ1) is 18.5. The molecule has 0 spiro atoms. The first-order valence-electron chi connectivity index (χ1n) is 8.37. The number of hydrogen-bond donors (Lipinski definition) is 2. The van der Waals surface area contributed by atoms with Crippen LogP contribution in [0.1, 0.15) is 18.2 Å². The van der Waals surface area contributed by atoms with Crippen LogP contribution in [0.2, 0.25) is 0 Å². The monoisotopic (exact) mass is 374 g/mol. The van der Waals surface area contributed by atoms with Crippen LogP contribution in [0.5, 0.6) is 0 Å². The molecule has 1 aliphatic rings. The molecule has 7 heteroatoms. The molecule has 0 amide bonds. The van der Waals surface area contributed by atoms with E-state index in [-0.39, 0.29) is 30.9 Å². The number of fused-ring (bicyclic) bond motifs is 1. The van der Waals surface area contributed by atoms with Crippen LogP contribution in [0.15, 0.2) is 48.8 Å². The molecule has 0 aliphatic carbocycles. The lowest BCUT2D eigenvalue weighted by Gasteiger charge is -2.25. The van der Waals surface area contributed by atoms with Crippen molar-refractivity contribution in [3.63, 3.8) is 0 Å². The number of aliphatic hydroxyl groups is 1. The summed E-state index contributed by atoms with van der Waals surface area (Å²) < 4.78 is 15.4. The van der Waals surface area contributed by atoms with E-state index in [0.29, 0.717) is 13.0 Å². The van der Waals surface area contributed by atoms with Gasteiger partial charge < -0.3 is 10.4 Å². The molecule has 26 heavy (non-hydrogen) atoms. The Balaban J connectivity index is 0.00000196. The second-order valence-corrected chi connectivity index (χ2v) is 6.15. The van der Waals surface area contributed by atoms with E-state index in [1.165, 1.54) is 12.1 Å². The minimum Gasteiger partial charge on any atom is -0.396 e. The van der Waals surface area contributed by atoms with E-state index < -0.39 is 0 Å². The largest absolute Gasteiger partial charge is 0.396 e. The van der Waals surface area contributed by atoms with Crippen molar-refractivity contribution in [3.05, 3.63) is 60.3 Å². The Labute approximate surface area is 157 Å². The Hall–Kier alpha value is -2.28. The quantitative estimate of drug-likeness (QED) is 0.736. The van der Waals surface area contributed by atoms with Crippen molar-refractivity contribution < 1.29 is 9.50 Å². The van der Waals surface area contributed by atoms with Crippen LogP contribution in [0.25, 0.3) is 22.4 Å². The number of halogens is 2. The number of rotatable bonds is 4. The maximum absolute atomic E-state index is 13.3. The van der Waals surface area contributed by atoms with Gasteiger partial charge in [0.1, 0.15) is 11.5 Å². The molecular weight excluding hydrogens is 355 g/mol. The number of hydrogen-bond acceptors (Lipinski definition) is 4. The normalized spacial score (nSPS) is 16.0. The third-order valence-electron chi connectivity index (χ3n) is 4.58. The van der Waals surface area contributed by atoms with Crippen molar-refractivity contribution in [3.8, 4) is 22.4 Å². The van der Waals surface area contributed by atoms with Crippen LogP contribution in [0.3, 0.4) is 0 Å². The first-order chi connectivity index (χ1) is 12.3. The molecular formula is C19H20ClFN4O. The molecule has 0 saturated heterocycles. The zero-order valence-corrected chi connectivity index (χ0v) is 14.9. The maximum atomic E-state index is 13.3. The third kappa shape index (κ3) is 3.35. The van der Waals surface area contributed by atoms with Crippen molar-refractivity contribution in [1.82, 2.24) is 20.1 Å². The molecule has 2 aromatic heterocycles. The highest BCUT2D eigenvalue weighted by Gasteiger charge is 2.27. The molecule has 3 aromatic rings. The van der Waals surface area contributed by atoms with Crippen LogP contribution in [-0.2, 0) is 6.54 Å². The van der Waals surface area contributed by atoms with Gasteiger partial charge in [0.15, 0.2) is 0 Å². The Morgan fingerprint density at radius 1 is 1.12 bits per heavy atom. The molecule has 0 fully saturated rings. The molecule has 1 aliphatic heterocycles. The summed E-state index contributed by atoms with van der Waals surface area (Å²) in [5.74, 6) is -0.266. The van der Waals surface area contributed by atoms with E-state index in [4.69, 9.17) is 5.10 Å². The lowest BCUT2D eigenvalue weighted by atomic mass is 9.98. The van der Waals surface area contributed by atoms with Gasteiger partial charge in [-0.1, -0.05) is 0 Å². The van der Waals surface area contributed by atoms with Gasteiger partial charge in [0.2, 0.25) is 0 Å². The van der Waals surface area contributed by atoms with Crippen LogP contribution in [0.4, 0.5) is 4.39 Å². The summed E-state index contributed by atoms with van der Waals surface area (Å²) in [4.78, 5) is 4.10. The molecule has 1 unspecified atom stereocenters. The molecule has 3 heterocycles. The summed E-state index contributed by atoms with van der Waals surface area (Å²) in [6.07, 6.45) is 4.16. The van der Waals surface area contributed by atoms with Crippen LogP contribution in [-0.4, -0.2) is 33.0 Å². The van der Waals surface area contributed by atoms with Gasteiger partial charge in [-0.05, 0) is 48.4 Å². The van der Waals surface area contributed by atoms with E-state index in [1.807, 2.05) is 16.8 Å². The zero-order chi connectivity index (χ0) is 17.2. The summed E-state index contributed by atoms with van der Waals surface area (Å²) in [5, 5.41) is 17.6. The average molecular weight is 375 g/mol. The summed E-state index contributed by atoms with van der Waals surface area (Å²) in [6, 6.07) is 10.4. The predicted octanol–water partition coefficient (Wildman–Crippen LogP) is 3.20. The van der Waals surface area contributed by atoms with Gasteiger partial charge in [0.25, 0.3) is 0 Å². The fraction of sp³-hybridized carbons (Fsp3) is 0.263. The molecule has 4 rings (SSSR count). The second kappa shape index (κ2) is 7.95. The minimum atomic E-state index is -0.266. The minimum absolute atomic E-state index is 0. The SMILES string of the molecule is Cl.OCCC1CNCc2c(-c3ccncc3)c(-c3ccc(F)cc3)nn21. The van der Waals surface area contributed by atoms with Crippen molar-refractivity contribution >= 4 is 12.4 Å². The summed E-state index contributed by atoms with van der Waals surface area (Å²) in [5.41, 5.74) is 4.84. The van der Waals surface area contributed by atoms with E-state index in [0.717, 1.165) is 34.6 Å². The summed E-state index contributed by atoms with van der Waals surface area (Å²) in [6.45, 7) is 1.59. The Kier molecular flexibility index (Phi) is 5.66. The van der Waals surface area contributed by atoms with Crippen molar-refractivity contribution in [2.24, 2.45) is 0 Å². The smallest absolute Gasteiger partial charge is 0.123 e. The van der Waals surface area contributed by atoms with Gasteiger partial charge in [-0.15, -0.1) is 12.4 Å². The zero-order valence-electron chi connectivity index (χ0n) is 14.1. The van der Waals surface area contributed by atoms with Gasteiger partial charge in [-0.25, -0.2) is 4.39 Å². The highest BCUT2D eigenvalue weighted by Crippen LogP contribution is 2.37. The summed E-state index contributed by atoms with van der Waals surface area (Å²) >= 11 is 0. The molecule has 0 bridgehead atoms. The van der Waals surface area contributed by atoms with Gasteiger partial charge in [0, 0.05) is 43.2 Å². The highest BCUT2D eigenvalue weighted by molar-refractivity contribution is 5.85. The lowest BCUT2D eigenvalue weighted by Crippen LogP contribution is -2.34. The van der Waals surface area contributed by atoms with Crippen LogP contribution < -0.4 is 5.32 Å². The van der Waals surface area contributed by atoms with Gasteiger partial charge in [-0.3, -0.25) is 9.67 Å². The maximum Gasteiger partial charge on any atom is 0.123 e. The van der Waals surface area contributed by atoms with Crippen LogP contribution >= 0.6 is 12.4 Å². The molecule has 2 N–H and O–H groups in total. The fourth-order valence-corrected chi connectivity index (χ4v) is 3.39. The average Bonchev–Trinajstić information content (AvgIpc) is 3.04. The topological polar surface area (TPSA) is 63.0 Å². The Morgan fingerprint density at radius 3 is 2.54 bits per heavy atom. The van der Waals surface area contributed by atoms with E-state index in [2.05, 4.69) is 10.3 Å². The first-order valence-corrected chi connectivity index (χ1v) is 8.37. The Morgan fingerprint density at radius 2 is 1.85 bits per heavy atom. The van der Waals surface area contributed by atoms with E-state index in [1.54, 1.807) is 24.5 Å². The number of nitrogens with one attached hydrogen (secondary N) is 1. The number of benzene rings is 1. The van der Waals surface area contributed by atoms with Crippen molar-refractivity contribution in [2.75, 3.05) is 13.2 Å². The highest BCUT2D eigenvalue weighted by atomic mass is 35.5. The molecule has 1 aromatic carbocycles. The van der Waals surface area contributed by atoms with Crippen molar-refractivity contribution in [1.29, 1.82) is 0 Å². The van der Waals surface area contributed by atoms with Crippen molar-refractivity contribution in [2.45, 2.75) is 19.0 Å². The van der Waals surface area contributed by atoms with Gasteiger partial charge in [0.05, 0.1) is 11.7 Å². The van der Waals surface area contributed by atoms with Gasteiger partial charge in [-0.2, -0.15) is 5.10 Å². The summed E-state index contributed by atoms with van der Waals surface area (Å²) in [7, 11) is 0. The van der Waals surface area contributed by atoms with Gasteiger partial charge >= 0.3 is 0 Å². The molecule has 0 saturated carbocycles. The Bertz CT molecular complexity index is 867. The number of aromatic nitrogens is 3. The number of pyridine rings is 1.